The van der Waals surface area contributed by atoms with Crippen LogP contribution in [0.2, 0.25) is 0 Å². The summed E-state index contributed by atoms with van der Waals surface area (Å²) in [5.41, 5.74) is 4.16. The van der Waals surface area contributed by atoms with E-state index < -0.39 is 0 Å². The number of aryl methyl sites for hydroxylation is 2. The molecule has 3 aromatic rings. The number of anilines is 1. The van der Waals surface area contributed by atoms with Crippen LogP contribution in [0.3, 0.4) is 0 Å². The third kappa shape index (κ3) is 4.89. The van der Waals surface area contributed by atoms with E-state index in [-0.39, 0.29) is 11.8 Å². The molecule has 1 aromatic heterocycles. The molecular weight excluding hydrogens is 394 g/mol. The van der Waals surface area contributed by atoms with E-state index in [1.165, 1.54) is 22.9 Å². The average molecular weight is 418 g/mol. The van der Waals surface area contributed by atoms with E-state index in [4.69, 9.17) is 0 Å². The molecular formula is C24H23N3O2S. The van der Waals surface area contributed by atoms with Crippen molar-refractivity contribution in [3.8, 4) is 0 Å². The monoisotopic (exact) mass is 417 g/mol. The zero-order valence-corrected chi connectivity index (χ0v) is 17.8. The van der Waals surface area contributed by atoms with Gasteiger partial charge in [0.25, 0.3) is 11.8 Å². The van der Waals surface area contributed by atoms with Crippen molar-refractivity contribution in [3.05, 3.63) is 83.0 Å². The molecule has 152 valence electrons. The average Bonchev–Trinajstić information content (AvgIpc) is 3.55. The molecule has 2 N–H and O–H groups in total. The number of nitrogens with one attached hydrogen (secondary N) is 2. The first-order valence-corrected chi connectivity index (χ1v) is 10.7. The first-order chi connectivity index (χ1) is 14.5. The number of carbonyl (C=O) groups excluding carboxylic acids is 2. The van der Waals surface area contributed by atoms with Gasteiger partial charge in [0.15, 0.2) is 0 Å². The summed E-state index contributed by atoms with van der Waals surface area (Å²) in [7, 11) is 0. The van der Waals surface area contributed by atoms with Gasteiger partial charge in [0.05, 0.1) is 5.56 Å². The van der Waals surface area contributed by atoms with Crippen molar-refractivity contribution in [3.63, 3.8) is 0 Å². The van der Waals surface area contributed by atoms with Crippen molar-refractivity contribution in [2.24, 2.45) is 0 Å². The molecule has 1 saturated carbocycles. The summed E-state index contributed by atoms with van der Waals surface area (Å²) >= 11 is 1.47. The Morgan fingerprint density at radius 2 is 1.73 bits per heavy atom. The van der Waals surface area contributed by atoms with E-state index in [0.29, 0.717) is 27.9 Å². The third-order valence-corrected chi connectivity index (χ3v) is 6.03. The fourth-order valence-corrected chi connectivity index (χ4v) is 3.91. The van der Waals surface area contributed by atoms with Crippen molar-refractivity contribution in [1.82, 2.24) is 10.3 Å². The molecule has 0 bridgehead atoms. The number of benzene rings is 2. The molecule has 2 amide bonds. The van der Waals surface area contributed by atoms with E-state index in [9.17, 15) is 9.59 Å². The highest BCUT2D eigenvalue weighted by molar-refractivity contribution is 7.99. The quantitative estimate of drug-likeness (QED) is 0.592. The van der Waals surface area contributed by atoms with E-state index >= 15 is 0 Å². The fourth-order valence-electron chi connectivity index (χ4n) is 2.93. The van der Waals surface area contributed by atoms with Crippen molar-refractivity contribution < 1.29 is 9.59 Å². The molecule has 0 aliphatic heterocycles. The van der Waals surface area contributed by atoms with Gasteiger partial charge in [-0.05, 0) is 86.3 Å². The lowest BCUT2D eigenvalue weighted by Crippen LogP contribution is -2.25. The molecule has 4 rings (SSSR count). The molecule has 5 nitrogen and oxygen atoms in total. The number of hydrogen-bond donors (Lipinski definition) is 2. The number of pyridine rings is 1. The first kappa shape index (κ1) is 20.2. The lowest BCUT2D eigenvalue weighted by Gasteiger charge is -2.10. The van der Waals surface area contributed by atoms with Crippen molar-refractivity contribution in [2.75, 3.05) is 5.32 Å². The highest BCUT2D eigenvalue weighted by atomic mass is 32.2. The Morgan fingerprint density at radius 1 is 0.967 bits per heavy atom. The summed E-state index contributed by atoms with van der Waals surface area (Å²) in [5.74, 6) is -0.306. The highest BCUT2D eigenvalue weighted by Gasteiger charge is 2.23. The largest absolute Gasteiger partial charge is 0.349 e. The smallest absolute Gasteiger partial charge is 0.258 e. The minimum atomic E-state index is -0.232. The van der Waals surface area contributed by atoms with E-state index in [1.54, 1.807) is 42.6 Å². The molecule has 1 aliphatic rings. The summed E-state index contributed by atoms with van der Waals surface area (Å²) in [6.07, 6.45) is 3.79. The predicted octanol–water partition coefficient (Wildman–Crippen LogP) is 4.99. The van der Waals surface area contributed by atoms with Gasteiger partial charge in [-0.3, -0.25) is 9.59 Å². The standard InChI is InChI=1S/C24H23N3O2S/c1-15-5-12-20(14-16(15)2)30-24-21(4-3-13-25-24)23(29)27-18-8-6-17(7-9-18)22(28)26-19-10-11-19/h3-9,12-14,19H,10-11H2,1-2H3,(H,26,28)(H,27,29). The number of amides is 2. The molecule has 0 spiro atoms. The van der Waals surface area contributed by atoms with Crippen molar-refractivity contribution >= 4 is 29.3 Å². The van der Waals surface area contributed by atoms with Gasteiger partial charge in [-0.2, -0.15) is 0 Å². The normalized spacial score (nSPS) is 13.0. The Bertz CT molecular complexity index is 1090. The van der Waals surface area contributed by atoms with Crippen LogP contribution in [0.15, 0.2) is 70.7 Å². The summed E-state index contributed by atoms with van der Waals surface area (Å²) in [6, 6.07) is 17.0. The van der Waals surface area contributed by atoms with Crippen LogP contribution in [0.1, 0.15) is 44.7 Å². The summed E-state index contributed by atoms with van der Waals surface area (Å²) in [4.78, 5) is 30.4. The number of aromatic nitrogens is 1. The van der Waals surface area contributed by atoms with Gasteiger partial charge in [0, 0.05) is 28.4 Å². The Hall–Kier alpha value is -3.12. The lowest BCUT2D eigenvalue weighted by molar-refractivity contribution is 0.0950. The van der Waals surface area contributed by atoms with E-state index in [2.05, 4.69) is 41.6 Å². The van der Waals surface area contributed by atoms with Gasteiger partial charge >= 0.3 is 0 Å². The Balaban J connectivity index is 1.46. The summed E-state index contributed by atoms with van der Waals surface area (Å²) in [5, 5.41) is 6.51. The number of nitrogens with zero attached hydrogens (tertiary/aromatic N) is 1. The van der Waals surface area contributed by atoms with Crippen LogP contribution < -0.4 is 10.6 Å². The predicted molar refractivity (Wildman–Crippen MR) is 119 cm³/mol. The summed E-state index contributed by atoms with van der Waals surface area (Å²) < 4.78 is 0. The Morgan fingerprint density at radius 3 is 2.43 bits per heavy atom. The minimum absolute atomic E-state index is 0.0743. The van der Waals surface area contributed by atoms with Gasteiger partial charge in [-0.15, -0.1) is 0 Å². The maximum Gasteiger partial charge on any atom is 0.258 e. The Kier molecular flexibility index (Phi) is 5.86. The third-order valence-electron chi connectivity index (χ3n) is 5.03. The van der Waals surface area contributed by atoms with Crippen LogP contribution in [0.25, 0.3) is 0 Å². The second-order valence-electron chi connectivity index (χ2n) is 7.48. The molecule has 0 unspecified atom stereocenters. The first-order valence-electron chi connectivity index (χ1n) is 9.92. The lowest BCUT2D eigenvalue weighted by atomic mass is 10.1. The van der Waals surface area contributed by atoms with Crippen LogP contribution in [-0.2, 0) is 0 Å². The molecule has 1 aliphatic carbocycles. The summed E-state index contributed by atoms with van der Waals surface area (Å²) in [6.45, 7) is 4.14. The molecule has 0 atom stereocenters. The van der Waals surface area contributed by atoms with Gasteiger partial charge in [-0.25, -0.2) is 4.98 Å². The number of carbonyl (C=O) groups is 2. The molecule has 30 heavy (non-hydrogen) atoms. The van der Waals surface area contributed by atoms with Crippen LogP contribution in [0, 0.1) is 13.8 Å². The van der Waals surface area contributed by atoms with Crippen molar-refractivity contribution in [2.45, 2.75) is 42.7 Å². The second kappa shape index (κ2) is 8.71. The second-order valence-corrected chi connectivity index (χ2v) is 8.55. The number of hydrogen-bond acceptors (Lipinski definition) is 4. The highest BCUT2D eigenvalue weighted by Crippen LogP contribution is 2.30. The molecule has 1 fully saturated rings. The molecule has 0 radical (unpaired) electrons. The van der Waals surface area contributed by atoms with Crippen molar-refractivity contribution in [1.29, 1.82) is 0 Å². The van der Waals surface area contributed by atoms with Crippen LogP contribution >= 0.6 is 11.8 Å². The Labute approximate surface area is 180 Å². The van der Waals surface area contributed by atoms with Gasteiger partial charge in [0.2, 0.25) is 0 Å². The number of rotatable bonds is 6. The fraction of sp³-hybridized carbons (Fsp3) is 0.208. The maximum absolute atomic E-state index is 12.9. The maximum atomic E-state index is 12.9. The topological polar surface area (TPSA) is 71.1 Å². The SMILES string of the molecule is Cc1ccc(Sc2ncccc2C(=O)Nc2ccc(C(=O)NC3CC3)cc2)cc1C. The van der Waals surface area contributed by atoms with Crippen LogP contribution in [0.4, 0.5) is 5.69 Å². The van der Waals surface area contributed by atoms with Crippen LogP contribution in [0.5, 0.6) is 0 Å². The van der Waals surface area contributed by atoms with Crippen LogP contribution in [-0.4, -0.2) is 22.8 Å². The van der Waals surface area contributed by atoms with E-state index in [1.807, 2.05) is 6.07 Å². The van der Waals surface area contributed by atoms with Gasteiger partial charge in [-0.1, -0.05) is 17.8 Å². The van der Waals surface area contributed by atoms with E-state index in [0.717, 1.165) is 17.7 Å². The molecule has 1 heterocycles. The zero-order valence-electron chi connectivity index (χ0n) is 16.9. The zero-order chi connectivity index (χ0) is 21.1. The van der Waals surface area contributed by atoms with Gasteiger partial charge < -0.3 is 10.6 Å². The molecule has 2 aromatic carbocycles. The van der Waals surface area contributed by atoms with Gasteiger partial charge in [0.1, 0.15) is 5.03 Å². The molecule has 0 saturated heterocycles. The minimum Gasteiger partial charge on any atom is -0.349 e. The molecule has 6 heteroatoms.